The van der Waals surface area contributed by atoms with Gasteiger partial charge in [-0.15, -0.1) is 0 Å². The molecule has 1 unspecified atom stereocenters. The zero-order valence-electron chi connectivity index (χ0n) is 9.63. The third-order valence-corrected chi connectivity index (χ3v) is 2.16. The molecule has 3 heteroatoms. The second-order valence-electron chi connectivity index (χ2n) is 3.90. The Kier molecular flexibility index (Phi) is 4.86. The van der Waals surface area contributed by atoms with Gasteiger partial charge in [-0.2, -0.15) is 0 Å². The molecule has 0 aliphatic rings. The highest BCUT2D eigenvalue weighted by atomic mass is 16.5. The Morgan fingerprint density at radius 2 is 1.94 bits per heavy atom. The Morgan fingerprint density at radius 1 is 1.31 bits per heavy atom. The molecular formula is C13H18O3. The summed E-state index contributed by atoms with van der Waals surface area (Å²) in [7, 11) is 0. The largest absolute Gasteiger partial charge is 0.512 e. The van der Waals surface area contributed by atoms with Crippen molar-refractivity contribution < 1.29 is 14.9 Å². The molecule has 0 heterocycles. The molecule has 88 valence electrons. The predicted molar refractivity (Wildman–Crippen MR) is 63.5 cm³/mol. The van der Waals surface area contributed by atoms with E-state index in [1.165, 1.54) is 6.08 Å². The number of aliphatic hydroxyl groups excluding tert-OH is 2. The second-order valence-corrected chi connectivity index (χ2v) is 3.90. The van der Waals surface area contributed by atoms with Crippen LogP contribution >= 0.6 is 0 Å². The molecule has 3 nitrogen and oxygen atoms in total. The van der Waals surface area contributed by atoms with Gasteiger partial charge in [0.15, 0.2) is 0 Å². The predicted octanol–water partition coefficient (Wildman–Crippen LogP) is 2.52. The Bertz CT molecular complexity index is 330. The van der Waals surface area contributed by atoms with Crippen LogP contribution in [0, 0.1) is 5.92 Å². The summed E-state index contributed by atoms with van der Waals surface area (Å²) in [5, 5.41) is 18.7. The van der Waals surface area contributed by atoms with Gasteiger partial charge in [-0.1, -0.05) is 32.0 Å². The summed E-state index contributed by atoms with van der Waals surface area (Å²) in [6, 6.07) is 9.22. The van der Waals surface area contributed by atoms with Gasteiger partial charge in [0.1, 0.15) is 11.9 Å². The normalized spacial score (nSPS) is 13.9. The van der Waals surface area contributed by atoms with Crippen LogP contribution in [0.15, 0.2) is 42.2 Å². The van der Waals surface area contributed by atoms with Crippen molar-refractivity contribution in [1.82, 2.24) is 0 Å². The number of allylic oxidation sites excluding steroid dienone is 1. The Morgan fingerprint density at radius 3 is 2.44 bits per heavy atom. The van der Waals surface area contributed by atoms with Crippen LogP contribution in [0.5, 0.6) is 5.75 Å². The molecule has 0 fully saturated rings. The van der Waals surface area contributed by atoms with Gasteiger partial charge < -0.3 is 14.9 Å². The quantitative estimate of drug-likeness (QED) is 0.753. The van der Waals surface area contributed by atoms with E-state index in [1.807, 2.05) is 44.2 Å². The third-order valence-electron chi connectivity index (χ3n) is 2.16. The monoisotopic (exact) mass is 222 g/mol. The average molecular weight is 222 g/mol. The molecule has 2 N–H and O–H groups in total. The van der Waals surface area contributed by atoms with Gasteiger partial charge in [-0.05, 0) is 18.2 Å². The topological polar surface area (TPSA) is 49.7 Å². The average Bonchev–Trinajstić information content (AvgIpc) is 2.29. The van der Waals surface area contributed by atoms with Crippen molar-refractivity contribution in [3.63, 3.8) is 0 Å². The Hall–Kier alpha value is -1.48. The van der Waals surface area contributed by atoms with Crippen LogP contribution in [-0.4, -0.2) is 22.9 Å². The van der Waals surface area contributed by atoms with Crippen molar-refractivity contribution in [3.05, 3.63) is 42.2 Å². The molecule has 0 aromatic heterocycles. The summed E-state index contributed by atoms with van der Waals surface area (Å²) in [6.45, 7) is 3.59. The Labute approximate surface area is 96.0 Å². The Balaban J connectivity index is 2.66. The van der Waals surface area contributed by atoms with E-state index in [9.17, 15) is 5.11 Å². The van der Waals surface area contributed by atoms with Crippen LogP contribution in [0.1, 0.15) is 13.8 Å². The van der Waals surface area contributed by atoms with Crippen molar-refractivity contribution in [2.24, 2.45) is 5.92 Å². The molecule has 1 atom stereocenters. The first-order chi connectivity index (χ1) is 7.63. The van der Waals surface area contributed by atoms with E-state index in [0.717, 1.165) is 0 Å². The van der Waals surface area contributed by atoms with Crippen LogP contribution in [0.2, 0.25) is 0 Å². The van der Waals surface area contributed by atoms with E-state index in [-0.39, 0.29) is 18.3 Å². The van der Waals surface area contributed by atoms with Crippen LogP contribution in [0.4, 0.5) is 0 Å². The standard InChI is InChI=1S/C13H18O3/c1-10(2)13(15)8-12(9-14)16-11-6-4-3-5-7-11/h3-8,10,12,14-15H,9H2,1-2H3. The molecule has 16 heavy (non-hydrogen) atoms. The van der Waals surface area contributed by atoms with Gasteiger partial charge in [-0.3, -0.25) is 0 Å². The summed E-state index contributed by atoms with van der Waals surface area (Å²) in [5.74, 6) is 0.942. The molecule has 0 saturated carbocycles. The third kappa shape index (κ3) is 3.95. The molecule has 1 aromatic carbocycles. The minimum atomic E-state index is -0.509. The summed E-state index contributed by atoms with van der Waals surface area (Å²) in [5.41, 5.74) is 0. The molecule has 0 aliphatic heterocycles. The highest BCUT2D eigenvalue weighted by Crippen LogP contribution is 2.13. The number of benzene rings is 1. The molecule has 1 aromatic rings. The first-order valence-electron chi connectivity index (χ1n) is 5.36. The van der Waals surface area contributed by atoms with Gasteiger partial charge in [0.2, 0.25) is 0 Å². The maximum atomic E-state index is 9.58. The van der Waals surface area contributed by atoms with Crippen molar-refractivity contribution >= 4 is 0 Å². The van der Waals surface area contributed by atoms with E-state index in [4.69, 9.17) is 9.84 Å². The van der Waals surface area contributed by atoms with E-state index >= 15 is 0 Å². The number of ether oxygens (including phenoxy) is 1. The van der Waals surface area contributed by atoms with Crippen molar-refractivity contribution in [3.8, 4) is 5.75 Å². The molecule has 0 radical (unpaired) electrons. The molecule has 0 bridgehead atoms. The lowest BCUT2D eigenvalue weighted by molar-refractivity contribution is 0.145. The molecule has 0 amide bonds. The van der Waals surface area contributed by atoms with Crippen LogP contribution in [0.3, 0.4) is 0 Å². The maximum Gasteiger partial charge on any atom is 0.143 e. The van der Waals surface area contributed by atoms with Crippen molar-refractivity contribution in [2.45, 2.75) is 20.0 Å². The van der Waals surface area contributed by atoms with E-state index in [2.05, 4.69) is 0 Å². The summed E-state index contributed by atoms with van der Waals surface area (Å²) < 4.78 is 5.50. The lowest BCUT2D eigenvalue weighted by Crippen LogP contribution is -2.19. The molecular weight excluding hydrogens is 204 g/mol. The molecule has 0 aliphatic carbocycles. The van der Waals surface area contributed by atoms with Crippen molar-refractivity contribution in [2.75, 3.05) is 6.61 Å². The van der Waals surface area contributed by atoms with E-state index < -0.39 is 6.10 Å². The highest BCUT2D eigenvalue weighted by molar-refractivity contribution is 5.22. The molecule has 1 rings (SSSR count). The van der Waals surface area contributed by atoms with Gasteiger partial charge in [0.05, 0.1) is 12.4 Å². The number of hydrogen-bond donors (Lipinski definition) is 2. The van der Waals surface area contributed by atoms with E-state index in [0.29, 0.717) is 5.75 Å². The molecule has 0 spiro atoms. The van der Waals surface area contributed by atoms with Crippen molar-refractivity contribution in [1.29, 1.82) is 0 Å². The number of rotatable bonds is 5. The summed E-state index contributed by atoms with van der Waals surface area (Å²) >= 11 is 0. The van der Waals surface area contributed by atoms with Crippen LogP contribution < -0.4 is 4.74 Å². The fourth-order valence-corrected chi connectivity index (χ4v) is 1.18. The van der Waals surface area contributed by atoms with E-state index in [1.54, 1.807) is 0 Å². The number of para-hydroxylation sites is 1. The second kappa shape index (κ2) is 6.18. The zero-order chi connectivity index (χ0) is 12.0. The maximum absolute atomic E-state index is 9.58. The minimum absolute atomic E-state index is 0.0356. The zero-order valence-corrected chi connectivity index (χ0v) is 9.63. The fourth-order valence-electron chi connectivity index (χ4n) is 1.18. The SMILES string of the molecule is CC(C)C(O)=CC(CO)Oc1ccccc1. The van der Waals surface area contributed by atoms with Crippen LogP contribution in [-0.2, 0) is 0 Å². The summed E-state index contributed by atoms with van der Waals surface area (Å²) in [4.78, 5) is 0. The smallest absolute Gasteiger partial charge is 0.143 e. The first-order valence-corrected chi connectivity index (χ1v) is 5.36. The molecule has 0 saturated heterocycles. The minimum Gasteiger partial charge on any atom is -0.512 e. The van der Waals surface area contributed by atoms with Gasteiger partial charge in [0.25, 0.3) is 0 Å². The lowest BCUT2D eigenvalue weighted by Gasteiger charge is -2.14. The fraction of sp³-hybridized carbons (Fsp3) is 0.385. The van der Waals surface area contributed by atoms with Gasteiger partial charge in [-0.25, -0.2) is 0 Å². The summed E-state index contributed by atoms with van der Waals surface area (Å²) in [6.07, 6.45) is 1.03. The van der Waals surface area contributed by atoms with Gasteiger partial charge in [0, 0.05) is 5.92 Å². The van der Waals surface area contributed by atoms with Gasteiger partial charge >= 0.3 is 0 Å². The first kappa shape index (κ1) is 12.6. The lowest BCUT2D eigenvalue weighted by atomic mass is 10.1. The van der Waals surface area contributed by atoms with Crippen LogP contribution in [0.25, 0.3) is 0 Å². The number of hydrogen-bond acceptors (Lipinski definition) is 3. The number of aliphatic hydroxyl groups is 2. The highest BCUT2D eigenvalue weighted by Gasteiger charge is 2.09.